The summed E-state index contributed by atoms with van der Waals surface area (Å²) < 4.78 is 8.22. The first kappa shape index (κ1) is 20.8. The zero-order chi connectivity index (χ0) is 21.8. The van der Waals surface area contributed by atoms with Crippen molar-refractivity contribution in [2.75, 3.05) is 13.1 Å². The smallest absolute Gasteiger partial charge is 0.317 e. The van der Waals surface area contributed by atoms with E-state index in [4.69, 9.17) is 4.74 Å². The summed E-state index contributed by atoms with van der Waals surface area (Å²) >= 11 is 0. The molecule has 0 radical (unpaired) electrons. The molecule has 0 bridgehead atoms. The molecule has 1 aliphatic heterocycles. The maximum Gasteiger partial charge on any atom is 0.317 e. The van der Waals surface area contributed by atoms with Crippen LogP contribution in [-0.2, 0) is 6.54 Å². The number of hydrogen-bond donors (Lipinski definition) is 1. The fourth-order valence-electron chi connectivity index (χ4n) is 4.87. The number of benzene rings is 1. The number of carbonyl (C=O) groups excluding carboxylic acids is 1. The number of aromatic nitrogens is 3. The van der Waals surface area contributed by atoms with E-state index in [0.717, 1.165) is 61.6 Å². The summed E-state index contributed by atoms with van der Waals surface area (Å²) in [4.78, 5) is 14.6. The largest absolute Gasteiger partial charge is 0.490 e. The van der Waals surface area contributed by atoms with Crippen LogP contribution in [0.3, 0.4) is 0 Å². The van der Waals surface area contributed by atoms with Crippen LogP contribution >= 0.6 is 0 Å². The van der Waals surface area contributed by atoms with E-state index in [1.54, 1.807) is 0 Å². The molecule has 0 atom stereocenters. The Morgan fingerprint density at radius 3 is 2.69 bits per heavy atom. The van der Waals surface area contributed by atoms with Crippen molar-refractivity contribution >= 4 is 11.7 Å². The van der Waals surface area contributed by atoms with E-state index in [1.807, 2.05) is 47.5 Å². The molecule has 3 aromatic rings. The van der Waals surface area contributed by atoms with Gasteiger partial charge >= 0.3 is 6.03 Å². The number of rotatable bonds is 5. The van der Waals surface area contributed by atoms with Crippen LogP contribution in [0.2, 0.25) is 0 Å². The number of pyridine rings is 1. The van der Waals surface area contributed by atoms with Gasteiger partial charge in [-0.3, -0.25) is 4.40 Å². The van der Waals surface area contributed by atoms with Crippen molar-refractivity contribution in [1.82, 2.24) is 24.8 Å². The van der Waals surface area contributed by atoms with Gasteiger partial charge in [0, 0.05) is 31.7 Å². The van der Waals surface area contributed by atoms with Gasteiger partial charge in [0.05, 0.1) is 6.10 Å². The number of hydrogen-bond acceptors (Lipinski definition) is 4. The molecule has 1 aromatic carbocycles. The molecular formula is C25H31N5O2. The molecule has 1 saturated heterocycles. The first-order valence-electron chi connectivity index (χ1n) is 11.8. The summed E-state index contributed by atoms with van der Waals surface area (Å²) in [6, 6.07) is 14.0. The van der Waals surface area contributed by atoms with Crippen LogP contribution in [0, 0.1) is 0 Å². The zero-order valence-electron chi connectivity index (χ0n) is 18.4. The Morgan fingerprint density at radius 2 is 1.84 bits per heavy atom. The molecule has 1 aliphatic carbocycles. The Labute approximate surface area is 188 Å². The fraction of sp³-hybridized carbons (Fsp3) is 0.480. The van der Waals surface area contributed by atoms with Crippen LogP contribution in [0.15, 0.2) is 48.7 Å². The lowest BCUT2D eigenvalue weighted by Crippen LogP contribution is -2.44. The van der Waals surface area contributed by atoms with Gasteiger partial charge in [-0.15, -0.1) is 10.2 Å². The summed E-state index contributed by atoms with van der Waals surface area (Å²) in [5.74, 6) is 2.23. The number of nitrogens with zero attached hydrogens (tertiary/aromatic N) is 4. The molecule has 1 saturated carbocycles. The molecule has 0 spiro atoms. The maximum absolute atomic E-state index is 12.7. The van der Waals surface area contributed by atoms with Crippen LogP contribution in [-0.4, -0.2) is 44.7 Å². The number of piperidine rings is 1. The highest BCUT2D eigenvalue weighted by Crippen LogP contribution is 2.27. The SMILES string of the molecule is O=C(NCc1cccc(OC2CCCCC2)c1)N1CCC(c2nnc3ccccn23)CC1. The Bertz CT molecular complexity index is 1050. The second-order valence-corrected chi connectivity index (χ2v) is 8.93. The average Bonchev–Trinajstić information content (AvgIpc) is 3.28. The van der Waals surface area contributed by atoms with Gasteiger partial charge in [-0.2, -0.15) is 0 Å². The highest BCUT2D eigenvalue weighted by Gasteiger charge is 2.26. The third kappa shape index (κ3) is 4.71. The Morgan fingerprint density at radius 1 is 1.00 bits per heavy atom. The third-order valence-electron chi connectivity index (χ3n) is 6.68. The Kier molecular flexibility index (Phi) is 6.23. The first-order chi connectivity index (χ1) is 15.8. The monoisotopic (exact) mass is 433 g/mol. The molecule has 7 heteroatoms. The van der Waals surface area contributed by atoms with Crippen LogP contribution in [0.1, 0.15) is 62.3 Å². The molecule has 1 N–H and O–H groups in total. The van der Waals surface area contributed by atoms with E-state index in [1.165, 1.54) is 19.3 Å². The maximum atomic E-state index is 12.7. The van der Waals surface area contributed by atoms with Crippen molar-refractivity contribution in [3.63, 3.8) is 0 Å². The molecule has 2 aliphatic rings. The average molecular weight is 434 g/mol. The molecule has 7 nitrogen and oxygen atoms in total. The quantitative estimate of drug-likeness (QED) is 0.642. The number of carbonyl (C=O) groups is 1. The van der Waals surface area contributed by atoms with Crippen molar-refractivity contribution in [3.8, 4) is 5.75 Å². The lowest BCUT2D eigenvalue weighted by atomic mass is 9.96. The normalized spacial score (nSPS) is 18.1. The highest BCUT2D eigenvalue weighted by atomic mass is 16.5. The van der Waals surface area contributed by atoms with Gasteiger partial charge in [-0.05, 0) is 68.4 Å². The number of nitrogens with one attached hydrogen (secondary N) is 1. The zero-order valence-corrected chi connectivity index (χ0v) is 18.4. The van der Waals surface area contributed by atoms with Crippen LogP contribution in [0.25, 0.3) is 5.65 Å². The van der Waals surface area contributed by atoms with Crippen LogP contribution in [0.4, 0.5) is 4.79 Å². The van der Waals surface area contributed by atoms with E-state index in [-0.39, 0.29) is 6.03 Å². The van der Waals surface area contributed by atoms with Gasteiger partial charge in [-0.25, -0.2) is 4.79 Å². The number of likely N-dealkylation sites (tertiary alicyclic amines) is 1. The lowest BCUT2D eigenvalue weighted by Gasteiger charge is -2.31. The van der Waals surface area contributed by atoms with E-state index in [9.17, 15) is 4.79 Å². The van der Waals surface area contributed by atoms with Gasteiger partial charge in [0.2, 0.25) is 0 Å². The number of urea groups is 1. The second kappa shape index (κ2) is 9.59. The van der Waals surface area contributed by atoms with Gasteiger partial charge in [-0.1, -0.05) is 24.6 Å². The molecule has 2 fully saturated rings. The number of amides is 2. The summed E-state index contributed by atoms with van der Waals surface area (Å²) in [5, 5.41) is 11.7. The Hall–Kier alpha value is -3.09. The van der Waals surface area contributed by atoms with Crippen LogP contribution in [0.5, 0.6) is 5.75 Å². The van der Waals surface area contributed by atoms with Gasteiger partial charge < -0.3 is 15.0 Å². The molecule has 3 heterocycles. The highest BCUT2D eigenvalue weighted by molar-refractivity contribution is 5.74. The number of ether oxygens (including phenoxy) is 1. The standard InChI is InChI=1S/C25H31N5O2/c31-25(26-18-19-7-6-10-22(17-19)32-21-8-2-1-3-9-21)29-15-12-20(13-16-29)24-28-27-23-11-4-5-14-30(23)24/h4-7,10-11,14,17,20-21H,1-3,8-9,12-13,15-16,18H2,(H,26,31). The van der Waals surface area contributed by atoms with Crippen molar-refractivity contribution in [3.05, 3.63) is 60.0 Å². The summed E-state index contributed by atoms with van der Waals surface area (Å²) in [7, 11) is 0. The number of fused-ring (bicyclic) bond motifs is 1. The van der Waals surface area contributed by atoms with Crippen molar-refractivity contribution in [2.45, 2.75) is 63.5 Å². The molecule has 168 valence electrons. The predicted octanol–water partition coefficient (Wildman–Crippen LogP) is 4.53. The van der Waals surface area contributed by atoms with E-state index in [0.29, 0.717) is 18.6 Å². The minimum absolute atomic E-state index is 0.00634. The predicted molar refractivity (Wildman–Crippen MR) is 123 cm³/mol. The van der Waals surface area contributed by atoms with Gasteiger partial charge in [0.15, 0.2) is 5.65 Å². The summed E-state index contributed by atoms with van der Waals surface area (Å²) in [6.07, 6.45) is 10.2. The van der Waals surface area contributed by atoms with E-state index >= 15 is 0 Å². The molecule has 2 aromatic heterocycles. The molecule has 32 heavy (non-hydrogen) atoms. The first-order valence-corrected chi connectivity index (χ1v) is 11.8. The minimum atomic E-state index is -0.00634. The third-order valence-corrected chi connectivity index (χ3v) is 6.68. The minimum Gasteiger partial charge on any atom is -0.490 e. The molecule has 2 amide bonds. The van der Waals surface area contributed by atoms with Crippen molar-refractivity contribution < 1.29 is 9.53 Å². The van der Waals surface area contributed by atoms with Crippen molar-refractivity contribution in [2.24, 2.45) is 0 Å². The van der Waals surface area contributed by atoms with Gasteiger partial charge in [0.1, 0.15) is 11.6 Å². The lowest BCUT2D eigenvalue weighted by molar-refractivity contribution is 0.155. The Balaban J connectivity index is 1.12. The summed E-state index contributed by atoms with van der Waals surface area (Å²) in [5.41, 5.74) is 1.94. The molecule has 5 rings (SSSR count). The molecule has 0 unspecified atom stereocenters. The molecular weight excluding hydrogens is 402 g/mol. The topological polar surface area (TPSA) is 71.8 Å². The van der Waals surface area contributed by atoms with E-state index in [2.05, 4.69) is 26.0 Å². The van der Waals surface area contributed by atoms with E-state index < -0.39 is 0 Å². The van der Waals surface area contributed by atoms with Gasteiger partial charge in [0.25, 0.3) is 0 Å². The second-order valence-electron chi connectivity index (χ2n) is 8.93. The van der Waals surface area contributed by atoms with Crippen LogP contribution < -0.4 is 10.1 Å². The fourth-order valence-corrected chi connectivity index (χ4v) is 4.87. The summed E-state index contributed by atoms with van der Waals surface area (Å²) in [6.45, 7) is 1.96. The van der Waals surface area contributed by atoms with Crippen molar-refractivity contribution in [1.29, 1.82) is 0 Å².